The number of likely N-dealkylation sites (tertiary alicyclic amines) is 1. The Hall–Kier alpha value is -3.49. The highest BCUT2D eigenvalue weighted by atomic mass is 19.1. The minimum Gasteiger partial charge on any atom is -0.466 e. The van der Waals surface area contributed by atoms with Crippen LogP contribution in [0.15, 0.2) is 30.3 Å². The van der Waals surface area contributed by atoms with Crippen molar-refractivity contribution in [3.8, 4) is 11.3 Å². The Morgan fingerprint density at radius 3 is 2.68 bits per heavy atom. The van der Waals surface area contributed by atoms with Crippen molar-refractivity contribution in [2.45, 2.75) is 65.3 Å². The van der Waals surface area contributed by atoms with Crippen LogP contribution in [0.25, 0.3) is 16.9 Å². The number of anilines is 1. The molecule has 8 nitrogen and oxygen atoms in total. The summed E-state index contributed by atoms with van der Waals surface area (Å²) < 4.78 is 22.2. The summed E-state index contributed by atoms with van der Waals surface area (Å²) in [4.78, 5) is 34.1. The van der Waals surface area contributed by atoms with Crippen molar-refractivity contribution in [1.82, 2.24) is 19.5 Å². The Morgan fingerprint density at radius 2 is 1.92 bits per heavy atom. The minimum absolute atomic E-state index is 0.0541. The van der Waals surface area contributed by atoms with E-state index in [2.05, 4.69) is 17.0 Å². The van der Waals surface area contributed by atoms with Gasteiger partial charge in [-0.25, -0.2) is 13.9 Å². The molecular formula is C29H36FN5O3. The van der Waals surface area contributed by atoms with E-state index in [1.54, 1.807) is 23.6 Å². The van der Waals surface area contributed by atoms with Crippen molar-refractivity contribution in [3.63, 3.8) is 0 Å². The summed E-state index contributed by atoms with van der Waals surface area (Å²) in [5.41, 5.74) is 3.37. The minimum atomic E-state index is -0.391. The smallest absolute Gasteiger partial charge is 0.310 e. The summed E-state index contributed by atoms with van der Waals surface area (Å²) in [5, 5.41) is 4.65. The normalized spacial score (nSPS) is 20.1. The van der Waals surface area contributed by atoms with Crippen molar-refractivity contribution < 1.29 is 18.7 Å². The zero-order valence-electron chi connectivity index (χ0n) is 22.5. The highest BCUT2D eigenvalue weighted by Gasteiger charge is 2.30. The molecule has 3 aromatic rings. The van der Waals surface area contributed by atoms with Gasteiger partial charge in [0.15, 0.2) is 5.65 Å². The number of fused-ring (bicyclic) bond motifs is 1. The van der Waals surface area contributed by atoms with Crippen LogP contribution in [0.2, 0.25) is 0 Å². The standard InChI is InChI=1S/C29H36FN5O3/c1-4-21-16-26(28(36)34-13-8-6-7-9-19(34)3)31-27-17-25(32-35(21)27)23-11-10-22(15-24(23)30)33-14-12-20(18-33)29(37)38-5-2/h10-11,15-17,19-20H,4-9,12-14,18H2,1-3H3/t19-,20+/m1/s1. The molecule has 38 heavy (non-hydrogen) atoms. The van der Waals surface area contributed by atoms with Crippen LogP contribution in [-0.4, -0.2) is 63.7 Å². The second-order valence-corrected chi connectivity index (χ2v) is 10.3. The van der Waals surface area contributed by atoms with Crippen LogP contribution in [0, 0.1) is 11.7 Å². The lowest BCUT2D eigenvalue weighted by Crippen LogP contribution is -2.38. The number of aromatic nitrogens is 3. The Morgan fingerprint density at radius 1 is 1.08 bits per heavy atom. The maximum absolute atomic E-state index is 15.4. The van der Waals surface area contributed by atoms with E-state index >= 15 is 4.39 Å². The molecule has 2 aliphatic rings. The molecule has 0 spiro atoms. The van der Waals surface area contributed by atoms with Gasteiger partial charge >= 0.3 is 5.97 Å². The van der Waals surface area contributed by atoms with Crippen LogP contribution in [0.1, 0.15) is 69.1 Å². The molecule has 0 bridgehead atoms. The van der Waals surface area contributed by atoms with Gasteiger partial charge in [-0.1, -0.05) is 19.8 Å². The average molecular weight is 522 g/mol. The van der Waals surface area contributed by atoms with E-state index < -0.39 is 5.82 Å². The number of hydrogen-bond acceptors (Lipinski definition) is 6. The van der Waals surface area contributed by atoms with Crippen LogP contribution in [-0.2, 0) is 16.0 Å². The number of carbonyl (C=O) groups excluding carboxylic acids is 2. The SMILES string of the molecule is CCOC(=O)[C@H]1CCN(c2ccc(-c3cc4nc(C(=O)N5CCCCC[C@H]5C)cc(CC)n4n3)c(F)c2)C1. The second-order valence-electron chi connectivity index (χ2n) is 10.3. The average Bonchev–Trinajstić information content (AvgIpc) is 3.52. The molecule has 0 radical (unpaired) electrons. The molecule has 2 saturated heterocycles. The van der Waals surface area contributed by atoms with E-state index in [1.807, 2.05) is 28.9 Å². The van der Waals surface area contributed by atoms with Gasteiger partial charge in [0.05, 0.1) is 18.2 Å². The summed E-state index contributed by atoms with van der Waals surface area (Å²) in [6.07, 6.45) is 5.64. The van der Waals surface area contributed by atoms with Crippen LogP contribution >= 0.6 is 0 Å². The first-order valence-corrected chi connectivity index (χ1v) is 13.8. The third-order valence-electron chi connectivity index (χ3n) is 7.80. The molecule has 2 aromatic heterocycles. The number of carbonyl (C=O) groups is 2. The molecule has 2 fully saturated rings. The van der Waals surface area contributed by atoms with Crippen molar-refractivity contribution in [1.29, 1.82) is 0 Å². The molecule has 4 heterocycles. The lowest BCUT2D eigenvalue weighted by Gasteiger charge is -2.27. The molecule has 2 aliphatic heterocycles. The van der Waals surface area contributed by atoms with Gasteiger partial charge in [0.25, 0.3) is 5.91 Å². The lowest BCUT2D eigenvalue weighted by molar-refractivity contribution is -0.147. The van der Waals surface area contributed by atoms with E-state index in [1.165, 1.54) is 6.07 Å². The number of rotatable bonds is 6. The van der Waals surface area contributed by atoms with Gasteiger partial charge < -0.3 is 14.5 Å². The first-order valence-electron chi connectivity index (χ1n) is 13.8. The first kappa shape index (κ1) is 26.1. The highest BCUT2D eigenvalue weighted by molar-refractivity contribution is 5.93. The maximum Gasteiger partial charge on any atom is 0.310 e. The summed E-state index contributed by atoms with van der Waals surface area (Å²) in [5.74, 6) is -0.831. The number of nitrogens with zero attached hydrogens (tertiary/aromatic N) is 5. The zero-order chi connectivity index (χ0) is 26.8. The van der Waals surface area contributed by atoms with Crippen molar-refractivity contribution in [2.75, 3.05) is 31.1 Å². The molecular weight excluding hydrogens is 485 g/mol. The molecule has 5 rings (SSSR count). The summed E-state index contributed by atoms with van der Waals surface area (Å²) in [7, 11) is 0. The molecule has 1 amide bonds. The number of amides is 1. The van der Waals surface area contributed by atoms with Gasteiger partial charge in [-0.05, 0) is 63.8 Å². The van der Waals surface area contributed by atoms with Gasteiger partial charge in [0.2, 0.25) is 0 Å². The molecule has 0 saturated carbocycles. The number of halogens is 1. The van der Waals surface area contributed by atoms with Gasteiger partial charge in [0, 0.05) is 48.7 Å². The fraction of sp³-hybridized carbons (Fsp3) is 0.517. The fourth-order valence-electron chi connectivity index (χ4n) is 5.61. The Kier molecular flexibility index (Phi) is 7.63. The van der Waals surface area contributed by atoms with E-state index in [0.29, 0.717) is 55.1 Å². The van der Waals surface area contributed by atoms with Crippen molar-refractivity contribution in [3.05, 3.63) is 47.5 Å². The van der Waals surface area contributed by atoms with E-state index in [0.717, 1.165) is 43.6 Å². The molecule has 0 unspecified atom stereocenters. The Bertz CT molecular complexity index is 1340. The van der Waals surface area contributed by atoms with Crippen molar-refractivity contribution in [2.24, 2.45) is 5.92 Å². The topological polar surface area (TPSA) is 80.0 Å². The number of benzene rings is 1. The van der Waals surface area contributed by atoms with E-state index in [9.17, 15) is 9.59 Å². The van der Waals surface area contributed by atoms with E-state index in [4.69, 9.17) is 4.74 Å². The van der Waals surface area contributed by atoms with Gasteiger partial charge in [0.1, 0.15) is 11.5 Å². The highest BCUT2D eigenvalue weighted by Crippen LogP contribution is 2.30. The number of esters is 1. The van der Waals surface area contributed by atoms with Crippen LogP contribution in [0.3, 0.4) is 0 Å². The predicted molar refractivity (Wildman–Crippen MR) is 144 cm³/mol. The quantitative estimate of drug-likeness (QED) is 0.430. The summed E-state index contributed by atoms with van der Waals surface area (Å²) >= 11 is 0. The Labute approximate surface area is 222 Å². The van der Waals surface area contributed by atoms with Crippen molar-refractivity contribution >= 4 is 23.2 Å². The molecule has 0 N–H and O–H groups in total. The third kappa shape index (κ3) is 5.11. The Balaban J connectivity index is 1.41. The van der Waals surface area contributed by atoms with Crippen LogP contribution < -0.4 is 4.90 Å². The number of aryl methyl sites for hydroxylation is 1. The van der Waals surface area contributed by atoms with Crippen LogP contribution in [0.5, 0.6) is 0 Å². The molecule has 9 heteroatoms. The third-order valence-corrected chi connectivity index (χ3v) is 7.80. The first-order chi connectivity index (χ1) is 18.4. The van der Waals surface area contributed by atoms with Gasteiger partial charge in [-0.2, -0.15) is 5.10 Å². The van der Waals surface area contributed by atoms with Gasteiger partial charge in [-0.3, -0.25) is 9.59 Å². The fourth-order valence-corrected chi connectivity index (χ4v) is 5.61. The molecule has 1 aromatic carbocycles. The lowest BCUT2D eigenvalue weighted by atomic mass is 10.1. The largest absolute Gasteiger partial charge is 0.466 e. The monoisotopic (exact) mass is 521 g/mol. The summed E-state index contributed by atoms with van der Waals surface area (Å²) in [6, 6.07) is 8.82. The van der Waals surface area contributed by atoms with Gasteiger partial charge in [-0.15, -0.1) is 0 Å². The number of ether oxygens (including phenoxy) is 1. The number of hydrogen-bond donors (Lipinski definition) is 0. The molecule has 2 atom stereocenters. The van der Waals surface area contributed by atoms with Crippen LogP contribution in [0.4, 0.5) is 10.1 Å². The van der Waals surface area contributed by atoms with E-state index in [-0.39, 0.29) is 23.8 Å². The maximum atomic E-state index is 15.4. The second kappa shape index (κ2) is 11.1. The summed E-state index contributed by atoms with van der Waals surface area (Å²) in [6.45, 7) is 8.20. The molecule has 202 valence electrons. The zero-order valence-corrected chi connectivity index (χ0v) is 22.5. The predicted octanol–water partition coefficient (Wildman–Crippen LogP) is 4.89. The molecule has 0 aliphatic carbocycles.